The summed E-state index contributed by atoms with van der Waals surface area (Å²) in [4.78, 5) is 10.4. The van der Waals surface area contributed by atoms with Gasteiger partial charge in [0.05, 0.1) is 22.6 Å². The molecule has 0 aliphatic heterocycles. The average Bonchev–Trinajstić information content (AvgIpc) is 2.42. The lowest BCUT2D eigenvalue weighted by molar-refractivity contribution is -0.385. The van der Waals surface area contributed by atoms with Crippen molar-refractivity contribution in [1.82, 2.24) is 0 Å². The minimum atomic E-state index is -0.429. The summed E-state index contributed by atoms with van der Waals surface area (Å²) in [6.07, 6.45) is 0. The molecule has 2 rings (SSSR count). The van der Waals surface area contributed by atoms with Gasteiger partial charge in [-0.15, -0.1) is 0 Å². The van der Waals surface area contributed by atoms with Gasteiger partial charge >= 0.3 is 0 Å². The SMILES string of the molecule is O=[N+]([O-])c1cc(COCc2ccccc2Cl)ccc1Br. The van der Waals surface area contributed by atoms with Crippen molar-refractivity contribution < 1.29 is 9.66 Å². The number of hydrogen-bond donors (Lipinski definition) is 0. The van der Waals surface area contributed by atoms with Gasteiger partial charge in [-0.3, -0.25) is 10.1 Å². The molecule has 0 amide bonds. The topological polar surface area (TPSA) is 52.4 Å². The summed E-state index contributed by atoms with van der Waals surface area (Å²) in [6.45, 7) is 0.656. The number of nitrogens with zero attached hydrogens (tertiary/aromatic N) is 1. The highest BCUT2D eigenvalue weighted by molar-refractivity contribution is 9.10. The van der Waals surface area contributed by atoms with E-state index in [1.165, 1.54) is 6.07 Å². The first kappa shape index (κ1) is 15.0. The van der Waals surface area contributed by atoms with Crippen LogP contribution in [0.25, 0.3) is 0 Å². The highest BCUT2D eigenvalue weighted by Crippen LogP contribution is 2.26. The Kier molecular flexibility index (Phi) is 5.11. The Labute approximate surface area is 129 Å². The second-order valence-corrected chi connectivity index (χ2v) is 5.39. The van der Waals surface area contributed by atoms with E-state index in [2.05, 4.69) is 15.9 Å². The minimum Gasteiger partial charge on any atom is -0.372 e. The van der Waals surface area contributed by atoms with E-state index in [4.69, 9.17) is 16.3 Å². The molecule has 2 aromatic carbocycles. The van der Waals surface area contributed by atoms with E-state index >= 15 is 0 Å². The molecule has 2 aromatic rings. The smallest absolute Gasteiger partial charge is 0.283 e. The first-order valence-electron chi connectivity index (χ1n) is 5.82. The molecule has 0 N–H and O–H groups in total. The maximum absolute atomic E-state index is 10.8. The minimum absolute atomic E-state index is 0.0313. The molecule has 0 saturated heterocycles. The third-order valence-electron chi connectivity index (χ3n) is 2.69. The lowest BCUT2D eigenvalue weighted by atomic mass is 10.2. The number of hydrogen-bond acceptors (Lipinski definition) is 3. The van der Waals surface area contributed by atoms with Crippen LogP contribution in [0.15, 0.2) is 46.9 Å². The van der Waals surface area contributed by atoms with Crippen LogP contribution in [0, 0.1) is 10.1 Å². The predicted molar refractivity (Wildman–Crippen MR) is 80.7 cm³/mol. The average molecular weight is 357 g/mol. The van der Waals surface area contributed by atoms with Crippen LogP contribution in [-0.2, 0) is 18.0 Å². The van der Waals surface area contributed by atoms with E-state index in [0.717, 1.165) is 11.1 Å². The van der Waals surface area contributed by atoms with Crippen molar-refractivity contribution >= 4 is 33.2 Å². The first-order chi connectivity index (χ1) is 9.58. The normalized spacial score (nSPS) is 10.5. The molecule has 0 spiro atoms. The van der Waals surface area contributed by atoms with Crippen molar-refractivity contribution in [1.29, 1.82) is 0 Å². The van der Waals surface area contributed by atoms with E-state index in [0.29, 0.717) is 22.7 Å². The third-order valence-corrected chi connectivity index (χ3v) is 3.73. The van der Waals surface area contributed by atoms with Crippen molar-refractivity contribution in [3.05, 3.63) is 73.2 Å². The number of nitro benzene ring substituents is 1. The fourth-order valence-corrected chi connectivity index (χ4v) is 2.26. The zero-order chi connectivity index (χ0) is 14.5. The molecule has 0 aliphatic rings. The molecule has 0 saturated carbocycles. The van der Waals surface area contributed by atoms with Gasteiger partial charge in [-0.25, -0.2) is 0 Å². The van der Waals surface area contributed by atoms with Crippen LogP contribution >= 0.6 is 27.5 Å². The fourth-order valence-electron chi connectivity index (χ4n) is 1.68. The first-order valence-corrected chi connectivity index (χ1v) is 6.99. The number of halogens is 2. The van der Waals surface area contributed by atoms with Crippen molar-refractivity contribution in [2.75, 3.05) is 0 Å². The number of ether oxygens (including phenoxy) is 1. The Morgan fingerprint density at radius 3 is 2.65 bits per heavy atom. The molecule has 4 nitrogen and oxygen atoms in total. The standard InChI is InChI=1S/C14H11BrClNO3/c15-12-6-5-10(7-14(12)17(18)19)8-20-9-11-3-1-2-4-13(11)16/h1-7H,8-9H2. The van der Waals surface area contributed by atoms with Gasteiger partial charge in [0.2, 0.25) is 0 Å². The second kappa shape index (κ2) is 6.83. The van der Waals surface area contributed by atoms with Gasteiger partial charge in [0, 0.05) is 11.1 Å². The fraction of sp³-hybridized carbons (Fsp3) is 0.143. The second-order valence-electron chi connectivity index (χ2n) is 4.13. The Morgan fingerprint density at radius 1 is 1.20 bits per heavy atom. The van der Waals surface area contributed by atoms with Gasteiger partial charge in [0.15, 0.2) is 0 Å². The van der Waals surface area contributed by atoms with Crippen LogP contribution in [0.4, 0.5) is 5.69 Å². The van der Waals surface area contributed by atoms with E-state index in [1.54, 1.807) is 18.2 Å². The molecule has 0 bridgehead atoms. The predicted octanol–water partition coefficient (Wildman–Crippen LogP) is 4.73. The van der Waals surface area contributed by atoms with Crippen molar-refractivity contribution in [3.63, 3.8) is 0 Å². The maximum atomic E-state index is 10.8. The van der Waals surface area contributed by atoms with Crippen LogP contribution in [-0.4, -0.2) is 4.92 Å². The molecule has 6 heteroatoms. The largest absolute Gasteiger partial charge is 0.372 e. The Morgan fingerprint density at radius 2 is 1.95 bits per heavy atom. The van der Waals surface area contributed by atoms with Gasteiger partial charge in [-0.2, -0.15) is 0 Å². The number of benzene rings is 2. The van der Waals surface area contributed by atoms with E-state index < -0.39 is 4.92 Å². The van der Waals surface area contributed by atoms with Crippen molar-refractivity contribution in [2.24, 2.45) is 0 Å². The number of rotatable bonds is 5. The van der Waals surface area contributed by atoms with Crippen LogP contribution in [0.2, 0.25) is 5.02 Å². The van der Waals surface area contributed by atoms with Gasteiger partial charge in [-0.1, -0.05) is 35.9 Å². The lowest BCUT2D eigenvalue weighted by Gasteiger charge is -2.06. The Bertz CT molecular complexity index is 634. The summed E-state index contributed by atoms with van der Waals surface area (Å²) in [6, 6.07) is 12.3. The van der Waals surface area contributed by atoms with Gasteiger partial charge < -0.3 is 4.74 Å². The molecular weight excluding hydrogens is 346 g/mol. The monoisotopic (exact) mass is 355 g/mol. The Hall–Kier alpha value is -1.43. The molecule has 0 aliphatic carbocycles. The third kappa shape index (κ3) is 3.79. The molecule has 0 aromatic heterocycles. The summed E-state index contributed by atoms with van der Waals surface area (Å²) in [5.41, 5.74) is 1.66. The Balaban J connectivity index is 2.00. The summed E-state index contributed by atoms with van der Waals surface area (Å²) < 4.78 is 5.99. The highest BCUT2D eigenvalue weighted by atomic mass is 79.9. The van der Waals surface area contributed by atoms with E-state index in [9.17, 15) is 10.1 Å². The van der Waals surface area contributed by atoms with Gasteiger partial charge in [0.25, 0.3) is 5.69 Å². The quantitative estimate of drug-likeness (QED) is 0.575. The summed E-state index contributed by atoms with van der Waals surface area (Å²) >= 11 is 9.16. The van der Waals surface area contributed by atoms with Crippen LogP contribution in [0.3, 0.4) is 0 Å². The van der Waals surface area contributed by atoms with Crippen LogP contribution < -0.4 is 0 Å². The zero-order valence-electron chi connectivity index (χ0n) is 10.4. The summed E-state index contributed by atoms with van der Waals surface area (Å²) in [7, 11) is 0. The van der Waals surface area contributed by atoms with Crippen molar-refractivity contribution in [3.8, 4) is 0 Å². The van der Waals surface area contributed by atoms with Gasteiger partial charge in [-0.05, 0) is 39.2 Å². The maximum Gasteiger partial charge on any atom is 0.283 e. The van der Waals surface area contributed by atoms with E-state index in [-0.39, 0.29) is 5.69 Å². The number of nitro groups is 1. The summed E-state index contributed by atoms with van der Waals surface area (Å²) in [5, 5.41) is 11.5. The molecule has 0 radical (unpaired) electrons. The molecule has 104 valence electrons. The lowest BCUT2D eigenvalue weighted by Crippen LogP contribution is -1.97. The van der Waals surface area contributed by atoms with Crippen LogP contribution in [0.5, 0.6) is 0 Å². The van der Waals surface area contributed by atoms with Gasteiger partial charge in [0.1, 0.15) is 0 Å². The molecule has 0 unspecified atom stereocenters. The summed E-state index contributed by atoms with van der Waals surface area (Å²) in [5.74, 6) is 0. The highest BCUT2D eigenvalue weighted by Gasteiger charge is 2.12. The molecule has 20 heavy (non-hydrogen) atoms. The molecule has 0 fully saturated rings. The molecular formula is C14H11BrClNO3. The van der Waals surface area contributed by atoms with Crippen LogP contribution in [0.1, 0.15) is 11.1 Å². The zero-order valence-corrected chi connectivity index (χ0v) is 12.7. The van der Waals surface area contributed by atoms with E-state index in [1.807, 2.05) is 18.2 Å². The molecule has 0 heterocycles. The molecule has 0 atom stereocenters. The van der Waals surface area contributed by atoms with Crippen molar-refractivity contribution in [2.45, 2.75) is 13.2 Å².